The molecule has 0 heterocycles. The molecule has 1 fully saturated rings. The van der Waals surface area contributed by atoms with E-state index in [0.717, 1.165) is 18.8 Å². The maximum atomic E-state index is 5.52. The predicted molar refractivity (Wildman–Crippen MR) is 43.4 cm³/mol. The summed E-state index contributed by atoms with van der Waals surface area (Å²) in [6.45, 7) is 5.74. The van der Waals surface area contributed by atoms with Crippen LogP contribution >= 0.6 is 0 Å². The van der Waals surface area contributed by atoms with Crippen LogP contribution in [0.25, 0.3) is 0 Å². The van der Waals surface area contributed by atoms with E-state index in [4.69, 9.17) is 8.85 Å². The Morgan fingerprint density at radius 1 is 1.20 bits per heavy atom. The highest BCUT2D eigenvalue weighted by Crippen LogP contribution is 2.39. The van der Waals surface area contributed by atoms with Crippen molar-refractivity contribution in [2.24, 2.45) is 0 Å². The van der Waals surface area contributed by atoms with Crippen molar-refractivity contribution in [2.75, 3.05) is 13.2 Å². The largest absolute Gasteiger partial charge is 0.397 e. The molecule has 0 unspecified atom stereocenters. The van der Waals surface area contributed by atoms with Gasteiger partial charge in [0, 0.05) is 13.2 Å². The van der Waals surface area contributed by atoms with E-state index in [9.17, 15) is 0 Å². The molecule has 1 aliphatic rings. The second-order valence-electron chi connectivity index (χ2n) is 2.62. The van der Waals surface area contributed by atoms with Crippen molar-refractivity contribution in [1.29, 1.82) is 0 Å². The van der Waals surface area contributed by atoms with Crippen LogP contribution in [0.15, 0.2) is 0 Å². The molecule has 1 aliphatic carbocycles. The molecule has 10 heavy (non-hydrogen) atoms. The monoisotopic (exact) mass is 160 g/mol. The first-order valence-corrected chi connectivity index (χ1v) is 5.72. The van der Waals surface area contributed by atoms with Gasteiger partial charge in [0.15, 0.2) is 0 Å². The van der Waals surface area contributed by atoms with Crippen LogP contribution in [0.3, 0.4) is 0 Å². The van der Waals surface area contributed by atoms with Gasteiger partial charge < -0.3 is 8.85 Å². The quantitative estimate of drug-likeness (QED) is 0.567. The van der Waals surface area contributed by atoms with Gasteiger partial charge in [-0.3, -0.25) is 0 Å². The molecule has 3 heteroatoms. The summed E-state index contributed by atoms with van der Waals surface area (Å²) in [6, 6.07) is 0. The number of hydrogen-bond donors (Lipinski definition) is 0. The molecule has 0 amide bonds. The summed E-state index contributed by atoms with van der Waals surface area (Å²) >= 11 is 0. The van der Waals surface area contributed by atoms with Gasteiger partial charge in [-0.25, -0.2) is 0 Å². The lowest BCUT2D eigenvalue weighted by Gasteiger charge is -2.12. The summed E-state index contributed by atoms with van der Waals surface area (Å²) in [7, 11) is -1.20. The van der Waals surface area contributed by atoms with E-state index >= 15 is 0 Å². The molecule has 1 saturated carbocycles. The second-order valence-corrected chi connectivity index (χ2v) is 4.96. The minimum absolute atomic E-state index is 0.827. The molecule has 0 aromatic rings. The van der Waals surface area contributed by atoms with Crippen molar-refractivity contribution < 1.29 is 8.85 Å². The van der Waals surface area contributed by atoms with Crippen molar-refractivity contribution in [2.45, 2.75) is 32.2 Å². The third kappa shape index (κ3) is 2.40. The molecule has 0 spiro atoms. The summed E-state index contributed by atoms with van der Waals surface area (Å²) < 4.78 is 11.0. The van der Waals surface area contributed by atoms with E-state index in [1.54, 1.807) is 0 Å². The highest BCUT2D eigenvalue weighted by Gasteiger charge is 2.34. The summed E-state index contributed by atoms with van der Waals surface area (Å²) in [6.07, 6.45) is 2.69. The highest BCUT2D eigenvalue weighted by atomic mass is 28.3. The van der Waals surface area contributed by atoms with Gasteiger partial charge in [0.1, 0.15) is 0 Å². The zero-order valence-corrected chi connectivity index (χ0v) is 7.95. The molecule has 0 aromatic heterocycles. The second kappa shape index (κ2) is 4.11. The van der Waals surface area contributed by atoms with E-state index in [1.807, 2.05) is 13.8 Å². The molecule has 0 radical (unpaired) electrons. The Morgan fingerprint density at radius 2 is 1.70 bits per heavy atom. The molecule has 1 rings (SSSR count). The molecule has 0 atom stereocenters. The van der Waals surface area contributed by atoms with Gasteiger partial charge in [0.25, 0.3) is 0 Å². The molecule has 0 aliphatic heterocycles. The van der Waals surface area contributed by atoms with Gasteiger partial charge in [-0.2, -0.15) is 0 Å². The summed E-state index contributed by atoms with van der Waals surface area (Å²) in [5, 5.41) is 0. The minimum Gasteiger partial charge on any atom is -0.397 e. The van der Waals surface area contributed by atoms with Crippen molar-refractivity contribution in [3.8, 4) is 0 Å². The topological polar surface area (TPSA) is 18.5 Å². The first-order valence-electron chi connectivity index (χ1n) is 4.11. The Balaban J connectivity index is 2.13. The molecular formula is C7H16O2Si. The zero-order chi connectivity index (χ0) is 7.40. The predicted octanol–water partition coefficient (Wildman–Crippen LogP) is 1.44. The Bertz CT molecular complexity index is 87.6. The van der Waals surface area contributed by atoms with Crippen LogP contribution in [0.4, 0.5) is 0 Å². The Kier molecular flexibility index (Phi) is 3.38. The van der Waals surface area contributed by atoms with Crippen LogP contribution in [-0.4, -0.2) is 22.5 Å². The van der Waals surface area contributed by atoms with E-state index in [0.29, 0.717) is 0 Å². The van der Waals surface area contributed by atoms with Gasteiger partial charge in [-0.05, 0) is 32.2 Å². The Morgan fingerprint density at radius 3 is 2.00 bits per heavy atom. The molecular weight excluding hydrogens is 144 g/mol. The van der Waals surface area contributed by atoms with Gasteiger partial charge >= 0.3 is 9.28 Å². The molecule has 0 N–H and O–H groups in total. The first-order chi connectivity index (χ1) is 4.88. The van der Waals surface area contributed by atoms with Gasteiger partial charge in [0.05, 0.1) is 0 Å². The molecule has 60 valence electrons. The third-order valence-corrected chi connectivity index (χ3v) is 4.43. The maximum absolute atomic E-state index is 5.52. The van der Waals surface area contributed by atoms with E-state index in [-0.39, 0.29) is 0 Å². The fourth-order valence-electron chi connectivity index (χ4n) is 1.02. The third-order valence-electron chi connectivity index (χ3n) is 1.67. The van der Waals surface area contributed by atoms with Crippen molar-refractivity contribution >= 4 is 9.28 Å². The highest BCUT2D eigenvalue weighted by molar-refractivity contribution is 6.47. The SMILES string of the molecule is CCO[SiH](OCC)C1CC1. The standard InChI is InChI=1S/C7H16O2Si/c1-3-8-10(9-4-2)7-5-6-7/h7,10H,3-6H2,1-2H3. The van der Waals surface area contributed by atoms with Crippen LogP contribution in [0.2, 0.25) is 5.54 Å². The molecule has 0 saturated heterocycles. The average Bonchev–Trinajstić information content (AvgIpc) is 2.69. The first kappa shape index (κ1) is 8.24. The van der Waals surface area contributed by atoms with Gasteiger partial charge in [0.2, 0.25) is 0 Å². The summed E-state index contributed by atoms with van der Waals surface area (Å²) in [5.74, 6) is 0. The lowest BCUT2D eigenvalue weighted by atomic mass is 10.9. The van der Waals surface area contributed by atoms with Crippen LogP contribution < -0.4 is 0 Å². The fourth-order valence-corrected chi connectivity index (χ4v) is 3.05. The maximum Gasteiger partial charge on any atom is 0.324 e. The van der Waals surface area contributed by atoms with Crippen molar-refractivity contribution in [3.05, 3.63) is 0 Å². The van der Waals surface area contributed by atoms with Gasteiger partial charge in [-0.1, -0.05) is 0 Å². The zero-order valence-electron chi connectivity index (χ0n) is 6.80. The van der Waals surface area contributed by atoms with Crippen molar-refractivity contribution in [3.63, 3.8) is 0 Å². The number of hydrogen-bond acceptors (Lipinski definition) is 2. The average molecular weight is 160 g/mol. The molecule has 2 nitrogen and oxygen atoms in total. The minimum atomic E-state index is -1.20. The normalized spacial score (nSPS) is 18.3. The summed E-state index contributed by atoms with van der Waals surface area (Å²) in [4.78, 5) is 0. The van der Waals surface area contributed by atoms with Crippen LogP contribution in [-0.2, 0) is 8.85 Å². The molecule has 0 bridgehead atoms. The van der Waals surface area contributed by atoms with Crippen LogP contribution in [0, 0.1) is 0 Å². The fraction of sp³-hybridized carbons (Fsp3) is 1.00. The van der Waals surface area contributed by atoms with E-state index in [1.165, 1.54) is 12.8 Å². The Hall–Kier alpha value is 0.137. The number of rotatable bonds is 5. The lowest BCUT2D eigenvalue weighted by Crippen LogP contribution is -2.23. The van der Waals surface area contributed by atoms with Crippen molar-refractivity contribution in [1.82, 2.24) is 0 Å². The smallest absolute Gasteiger partial charge is 0.324 e. The van der Waals surface area contributed by atoms with E-state index in [2.05, 4.69) is 0 Å². The van der Waals surface area contributed by atoms with E-state index < -0.39 is 9.28 Å². The lowest BCUT2D eigenvalue weighted by molar-refractivity contribution is 0.212. The Labute approximate surface area is 64.4 Å². The summed E-state index contributed by atoms with van der Waals surface area (Å²) in [5.41, 5.74) is 0.833. The van der Waals surface area contributed by atoms with Gasteiger partial charge in [-0.15, -0.1) is 0 Å². The molecule has 0 aromatic carbocycles. The van der Waals surface area contributed by atoms with Crippen LogP contribution in [0.5, 0.6) is 0 Å². The van der Waals surface area contributed by atoms with Crippen LogP contribution in [0.1, 0.15) is 26.7 Å².